The van der Waals surface area contributed by atoms with E-state index in [0.717, 1.165) is 29.2 Å². The summed E-state index contributed by atoms with van der Waals surface area (Å²) in [7, 11) is 2.68. The molecule has 8 aromatic carbocycles. The number of likely N-dealkylation sites (tertiary alicyclic amines) is 2. The Bertz CT molecular complexity index is 6040. The molecule has 105 heavy (non-hydrogen) atoms. The molecule has 2 aliphatic heterocycles. The molecule has 12 rings (SSSR count). The second kappa shape index (κ2) is 34.9. The van der Waals surface area contributed by atoms with Gasteiger partial charge in [-0.2, -0.15) is 26.3 Å². The molecule has 0 unspecified atom stereocenters. The maximum atomic E-state index is 15.5. The fourth-order valence-electron chi connectivity index (χ4n) is 11.6. The number of methoxy groups -OCH3 is 2. The Hall–Kier alpha value is -9.04. The van der Waals surface area contributed by atoms with Gasteiger partial charge in [0.25, 0.3) is 0 Å². The van der Waals surface area contributed by atoms with Gasteiger partial charge in [-0.3, -0.25) is 19.2 Å². The predicted octanol–water partition coefficient (Wildman–Crippen LogP) is 17.1. The number of piperidine rings is 2. The summed E-state index contributed by atoms with van der Waals surface area (Å²) in [4.78, 5) is 62.7. The molecule has 0 N–H and O–H groups in total. The van der Waals surface area contributed by atoms with E-state index in [1.807, 2.05) is 0 Å². The summed E-state index contributed by atoms with van der Waals surface area (Å²) >= 11 is 0.221. The molecule has 10 aromatic rings. The Kier molecular flexibility index (Phi) is 17.3. The van der Waals surface area contributed by atoms with Crippen LogP contribution in [0.1, 0.15) is 96.2 Å². The zero-order valence-corrected chi connectivity index (χ0v) is 57.7. The molecule has 0 aliphatic carbocycles. The zero-order chi connectivity index (χ0) is 94.8. The molecule has 2 saturated heterocycles. The molecule has 0 saturated carbocycles. The van der Waals surface area contributed by atoms with Gasteiger partial charge in [-0.25, -0.2) is 17.6 Å². The van der Waals surface area contributed by atoms with Crippen molar-refractivity contribution in [3.05, 3.63) is 270 Å². The van der Waals surface area contributed by atoms with Crippen molar-refractivity contribution in [2.24, 2.45) is 0 Å². The largest absolute Gasteiger partial charge is 0.416 e. The molecule has 0 radical (unpaired) electrons. The number of carbonyl (C=O) groups is 2. The van der Waals surface area contributed by atoms with Crippen LogP contribution in [0.3, 0.4) is 0 Å². The lowest BCUT2D eigenvalue weighted by molar-refractivity contribution is -0.138. The van der Waals surface area contributed by atoms with E-state index in [0.29, 0.717) is 64.5 Å². The minimum atomic E-state index is -5.37. The van der Waals surface area contributed by atoms with E-state index in [2.05, 4.69) is 0 Å². The number of hydrogen-bond donors (Lipinski definition) is 0. The standard InChI is InChI=1S/C41H40F5N3O3S.C40H38F5N3O3S/c1-27-6-15-36-34(22-27)37(50)23-39(53-26-31-4-3-5-35(42)40(31)43)49(36)25-38(51)48(33-16-18-47(19-17-33)20-21-52-2)24-28-7-9-29(10-8-28)30-11-13-32(14-12-30)41(44,45)46;1-51-22-21-46-19-17-32(18-20-46)47(24-27-9-11-28(12-10-27)29-13-15-31(16-14-29)40(43,44)45)37(50)25-48-35-8-3-2-6-33(35)36(49)23-38(48)52-26-30-5-4-7-34(41)39(30)42/h3-15,22-23,33H,16-21,24-26H2,1-2H3;2-16,23,32H,17-22,24-26H2,1H3/i3D,4D,5D,6D,7D,8D,9D,10D,11D,12D,13D,14D,15D,20D2,22D,23D,26D2;21D2,26D2. The number of ether oxygens (including phenoxy) is 2. The van der Waals surface area contributed by atoms with E-state index in [9.17, 15) is 53.9 Å². The Morgan fingerprint density at radius 1 is 0.524 bits per heavy atom. The van der Waals surface area contributed by atoms with Crippen LogP contribution in [0.15, 0.2) is 207 Å². The van der Waals surface area contributed by atoms with Crippen molar-refractivity contribution in [2.45, 2.75) is 105 Å². The highest BCUT2D eigenvalue weighted by Crippen LogP contribution is 2.36. The zero-order valence-electron chi connectivity index (χ0n) is 79.0. The van der Waals surface area contributed by atoms with Gasteiger partial charge in [0.05, 0.1) is 66.0 Å². The Morgan fingerprint density at radius 3 is 1.63 bits per heavy atom. The van der Waals surface area contributed by atoms with Crippen LogP contribution >= 0.6 is 23.5 Å². The Balaban J connectivity index is 0.000000256. The number of halogens is 10. The summed E-state index contributed by atoms with van der Waals surface area (Å²) in [6.45, 7) is -5.01. The van der Waals surface area contributed by atoms with Crippen molar-refractivity contribution in [3.8, 4) is 22.3 Å². The highest BCUT2D eigenvalue weighted by molar-refractivity contribution is 7.98. The molecule has 550 valence electrons. The highest BCUT2D eigenvalue weighted by atomic mass is 32.2. The van der Waals surface area contributed by atoms with E-state index in [1.54, 1.807) is 58.3 Å². The van der Waals surface area contributed by atoms with Gasteiger partial charge in [0.15, 0.2) is 34.1 Å². The molecule has 2 fully saturated rings. The lowest BCUT2D eigenvalue weighted by atomic mass is 10.00. The number of carbonyl (C=O) groups excluding carboxylic acids is 2. The van der Waals surface area contributed by atoms with E-state index in [4.69, 9.17) is 41.0 Å². The number of fused-ring (bicyclic) bond motifs is 2. The number of benzene rings is 8. The first-order chi connectivity index (χ1) is 59.6. The third-order valence-electron chi connectivity index (χ3n) is 17.0. The van der Waals surface area contributed by atoms with Crippen molar-refractivity contribution in [3.63, 3.8) is 0 Å². The van der Waals surface area contributed by atoms with Crippen LogP contribution in [0.25, 0.3) is 44.1 Å². The molecule has 24 heteroatoms. The molecular weight excluding hydrogens is 1410 g/mol. The van der Waals surface area contributed by atoms with Crippen LogP contribution in [0.2, 0.25) is 0 Å². The van der Waals surface area contributed by atoms with Gasteiger partial charge in [0.2, 0.25) is 11.8 Å². The number of pyridine rings is 2. The Morgan fingerprint density at radius 2 is 1.05 bits per heavy atom. The molecule has 0 spiro atoms. The summed E-state index contributed by atoms with van der Waals surface area (Å²) < 4.78 is 349. The molecule has 12 nitrogen and oxygen atoms in total. The number of amides is 2. The van der Waals surface area contributed by atoms with Crippen molar-refractivity contribution >= 4 is 57.1 Å². The molecular formula is C81H78F10N6O6S2. The van der Waals surface area contributed by atoms with Crippen LogP contribution < -0.4 is 10.9 Å². The quantitative estimate of drug-likeness (QED) is 0.0428. The third kappa shape index (κ3) is 19.5. The van der Waals surface area contributed by atoms with E-state index in [-0.39, 0.29) is 86.0 Å². The summed E-state index contributed by atoms with van der Waals surface area (Å²) in [5, 5.41) is -1.36. The van der Waals surface area contributed by atoms with Gasteiger partial charge in [0.1, 0.15) is 13.1 Å². The van der Waals surface area contributed by atoms with Crippen molar-refractivity contribution in [2.75, 3.05) is 66.6 Å². The van der Waals surface area contributed by atoms with Crippen LogP contribution in [0.4, 0.5) is 43.9 Å². The van der Waals surface area contributed by atoms with Crippen LogP contribution in [-0.2, 0) is 69.0 Å². The second-order valence-corrected chi connectivity index (χ2v) is 25.6. The molecule has 2 aromatic heterocycles. The van der Waals surface area contributed by atoms with Crippen LogP contribution in [0.5, 0.6) is 0 Å². The van der Waals surface area contributed by atoms with Gasteiger partial charge in [-0.15, -0.1) is 23.5 Å². The van der Waals surface area contributed by atoms with Crippen LogP contribution in [0, 0.1) is 30.2 Å². The third-order valence-corrected chi connectivity index (χ3v) is 18.7. The lowest BCUT2D eigenvalue weighted by Crippen LogP contribution is -2.48. The molecule has 4 heterocycles. The Labute approximate surface area is 642 Å². The summed E-state index contributed by atoms with van der Waals surface area (Å²) in [6.07, 6.45) is -9.22. The van der Waals surface area contributed by atoms with Crippen LogP contribution in [-0.4, -0.2) is 119 Å². The minimum Gasteiger partial charge on any atom is -0.383 e. The summed E-state index contributed by atoms with van der Waals surface area (Å²) in [5.41, 5.74) is -13.7. The van der Waals surface area contributed by atoms with Gasteiger partial charge in [0, 0.05) is 135 Å². The van der Waals surface area contributed by atoms with E-state index < -0.39 is 247 Å². The normalized spacial score (nSPS) is 17.9. The van der Waals surface area contributed by atoms with Gasteiger partial charge in [-0.05, 0) is 127 Å². The number of thioether (sulfide) groups is 2. The number of alkyl halides is 6. The average molecular weight is 1510 g/mol. The number of nitrogens with zero attached hydrogens (tertiary/aromatic N) is 6. The summed E-state index contributed by atoms with van der Waals surface area (Å²) in [6, 6.07) is 4.04. The lowest BCUT2D eigenvalue weighted by Gasteiger charge is -2.39. The fourth-order valence-corrected chi connectivity index (χ4v) is 13.2. The second-order valence-electron chi connectivity index (χ2n) is 23.9. The minimum absolute atomic E-state index is 0.0131. The van der Waals surface area contributed by atoms with Gasteiger partial charge >= 0.3 is 12.4 Å². The molecule has 2 amide bonds. The van der Waals surface area contributed by atoms with E-state index in [1.165, 1.54) is 54.9 Å². The number of hydrogen-bond acceptors (Lipinski definition) is 10. The number of rotatable bonds is 24. The maximum Gasteiger partial charge on any atom is 0.416 e. The topological polar surface area (TPSA) is 110 Å². The fraction of sp³-hybridized carbons (Fsp3) is 0.309. The first-order valence-corrected chi connectivity index (χ1v) is 33.9. The molecule has 2 aliphatic rings. The first kappa shape index (κ1) is 52.0. The predicted molar refractivity (Wildman–Crippen MR) is 391 cm³/mol. The highest BCUT2D eigenvalue weighted by Gasteiger charge is 2.34. The first-order valence-electron chi connectivity index (χ1n) is 43.8. The smallest absolute Gasteiger partial charge is 0.383 e. The average Bonchev–Trinajstić information content (AvgIpc) is 0.721. The SMILES string of the molecule is [2H]C([2H])(Sc1cc(=O)c2ccccc2n1CC(=O)N(Cc1ccc(-c2ccc(C(F)(F)F)cc2)cc1)C1CCN(C([2H])([2H])COC)CC1)c1cccc(F)c1F.[2H]c1c([2H])c(F)c(F)c(C([2H])([2H])Sc2c([2H])c(=O)c3c([2H])c(C)c([2H])c([2H])c3n2CC(=O)N(Cc2c([2H])c([2H])c(-c3c([2H])c([2H])c(C(F)(F)F)c([2H])c3[2H])c([2H])c2[2H])C2CCN(C([2H])([2H])COC)CC2)c1[2H]. The van der Waals surface area contributed by atoms with Gasteiger partial charge in [-0.1, -0.05) is 121 Å². The molecule has 0 atom stereocenters. The summed E-state index contributed by atoms with van der Waals surface area (Å²) in [5.74, 6) is -8.25. The van der Waals surface area contributed by atoms with Crippen molar-refractivity contribution < 1.29 is 94.5 Å². The van der Waals surface area contributed by atoms with Crippen molar-refractivity contribution in [1.29, 1.82) is 0 Å². The number of para-hydroxylation sites is 1. The monoisotopic (exact) mass is 1510 g/mol. The number of aromatic nitrogens is 2. The molecule has 0 bridgehead atoms. The van der Waals surface area contributed by atoms with Gasteiger partial charge < -0.3 is 38.2 Å². The van der Waals surface area contributed by atoms with Crippen molar-refractivity contribution in [1.82, 2.24) is 28.7 Å². The maximum absolute atomic E-state index is 15.5. The van der Waals surface area contributed by atoms with E-state index >= 15 is 9.18 Å².